The SMILES string of the molecule is CC1=CC(c2c3ccccc3cc3ccccc23)n2nnnc2N1Cc1ccccc1. The van der Waals surface area contributed by atoms with E-state index in [1.807, 2.05) is 10.7 Å². The Balaban J connectivity index is 1.56. The molecule has 1 aliphatic rings. The van der Waals surface area contributed by atoms with Crippen LogP contribution in [0.3, 0.4) is 0 Å². The van der Waals surface area contributed by atoms with E-state index in [1.165, 1.54) is 32.7 Å². The first-order chi connectivity index (χ1) is 15.3. The highest BCUT2D eigenvalue weighted by Gasteiger charge is 2.30. The van der Waals surface area contributed by atoms with Crippen molar-refractivity contribution in [2.45, 2.75) is 19.5 Å². The van der Waals surface area contributed by atoms with Crippen molar-refractivity contribution >= 4 is 27.5 Å². The predicted molar refractivity (Wildman–Crippen MR) is 124 cm³/mol. The highest BCUT2D eigenvalue weighted by Crippen LogP contribution is 2.39. The molecule has 5 heteroatoms. The minimum absolute atomic E-state index is 0.0759. The largest absolute Gasteiger partial charge is 0.309 e. The molecule has 0 radical (unpaired) electrons. The lowest BCUT2D eigenvalue weighted by atomic mass is 9.91. The zero-order valence-corrected chi connectivity index (χ0v) is 17.2. The summed E-state index contributed by atoms with van der Waals surface area (Å²) < 4.78 is 1.95. The normalized spacial score (nSPS) is 15.8. The van der Waals surface area contributed by atoms with Gasteiger partial charge in [0.05, 0.1) is 6.54 Å². The zero-order valence-electron chi connectivity index (χ0n) is 17.2. The van der Waals surface area contributed by atoms with E-state index in [0.29, 0.717) is 0 Å². The lowest BCUT2D eigenvalue weighted by molar-refractivity contribution is 0.563. The second-order valence-electron chi connectivity index (χ2n) is 7.98. The monoisotopic (exact) mass is 403 g/mol. The van der Waals surface area contributed by atoms with Gasteiger partial charge in [-0.3, -0.25) is 0 Å². The van der Waals surface area contributed by atoms with Gasteiger partial charge in [0.1, 0.15) is 6.04 Å². The van der Waals surface area contributed by atoms with Crippen molar-refractivity contribution in [3.8, 4) is 0 Å². The molecule has 1 aromatic heterocycles. The molecule has 5 nitrogen and oxygen atoms in total. The van der Waals surface area contributed by atoms with E-state index in [1.54, 1.807) is 0 Å². The first kappa shape index (κ1) is 17.8. The molecule has 0 saturated carbocycles. The molecular formula is C26H21N5. The fourth-order valence-electron chi connectivity index (χ4n) is 4.63. The molecule has 1 atom stereocenters. The van der Waals surface area contributed by atoms with Crippen LogP contribution in [0.2, 0.25) is 0 Å². The number of fused-ring (bicyclic) bond motifs is 3. The summed E-state index contributed by atoms with van der Waals surface area (Å²) in [6.07, 6.45) is 2.28. The summed E-state index contributed by atoms with van der Waals surface area (Å²) in [5.41, 5.74) is 3.60. The summed E-state index contributed by atoms with van der Waals surface area (Å²) in [4.78, 5) is 2.18. The molecule has 6 rings (SSSR count). The molecule has 0 saturated heterocycles. The van der Waals surface area contributed by atoms with E-state index in [4.69, 9.17) is 0 Å². The van der Waals surface area contributed by atoms with Gasteiger partial charge < -0.3 is 4.90 Å². The molecule has 31 heavy (non-hydrogen) atoms. The zero-order chi connectivity index (χ0) is 20.8. The Hall–Kier alpha value is -3.99. The van der Waals surface area contributed by atoms with Crippen LogP contribution in [0, 0.1) is 0 Å². The van der Waals surface area contributed by atoms with Crippen LogP contribution in [-0.2, 0) is 6.54 Å². The summed E-state index contributed by atoms with van der Waals surface area (Å²) in [5.74, 6) is 0.769. The molecule has 4 aromatic carbocycles. The second kappa shape index (κ2) is 7.06. The number of aromatic nitrogens is 4. The van der Waals surface area contributed by atoms with E-state index in [2.05, 4.69) is 112 Å². The maximum atomic E-state index is 4.42. The topological polar surface area (TPSA) is 46.8 Å². The van der Waals surface area contributed by atoms with Crippen molar-refractivity contribution in [2.24, 2.45) is 0 Å². The van der Waals surface area contributed by atoms with Crippen molar-refractivity contribution in [1.29, 1.82) is 0 Å². The Kier molecular flexibility index (Phi) is 4.06. The lowest BCUT2D eigenvalue weighted by Gasteiger charge is -2.32. The van der Waals surface area contributed by atoms with Crippen molar-refractivity contribution in [3.63, 3.8) is 0 Å². The van der Waals surface area contributed by atoms with Crippen molar-refractivity contribution < 1.29 is 0 Å². The summed E-state index contributed by atoms with van der Waals surface area (Å²) >= 11 is 0. The fourth-order valence-corrected chi connectivity index (χ4v) is 4.63. The smallest absolute Gasteiger partial charge is 0.250 e. The molecule has 2 heterocycles. The van der Waals surface area contributed by atoms with Gasteiger partial charge in [-0.05, 0) is 62.2 Å². The Morgan fingerprint density at radius 3 is 2.16 bits per heavy atom. The molecule has 0 bridgehead atoms. The van der Waals surface area contributed by atoms with Gasteiger partial charge in [-0.1, -0.05) is 84.0 Å². The number of nitrogens with zero attached hydrogens (tertiary/aromatic N) is 5. The maximum Gasteiger partial charge on any atom is 0.250 e. The fraction of sp³-hybridized carbons (Fsp3) is 0.115. The third-order valence-electron chi connectivity index (χ3n) is 6.10. The molecule has 0 spiro atoms. The number of rotatable bonds is 3. The van der Waals surface area contributed by atoms with Crippen LogP contribution in [-0.4, -0.2) is 20.2 Å². The summed E-state index contributed by atoms with van der Waals surface area (Å²) in [6, 6.07) is 29.7. The Labute approximate surface area is 180 Å². The molecule has 1 aliphatic heterocycles. The van der Waals surface area contributed by atoms with Crippen LogP contribution in [0.4, 0.5) is 5.95 Å². The van der Waals surface area contributed by atoms with Gasteiger partial charge in [-0.25, -0.2) is 0 Å². The highest BCUT2D eigenvalue weighted by molar-refractivity contribution is 6.03. The molecule has 0 fully saturated rings. The first-order valence-corrected chi connectivity index (χ1v) is 10.5. The number of hydrogen-bond donors (Lipinski definition) is 0. The van der Waals surface area contributed by atoms with Crippen LogP contribution in [0.25, 0.3) is 21.5 Å². The third-order valence-corrected chi connectivity index (χ3v) is 6.10. The summed E-state index contributed by atoms with van der Waals surface area (Å²) in [5, 5.41) is 17.8. The van der Waals surface area contributed by atoms with Crippen LogP contribution >= 0.6 is 0 Å². The maximum absolute atomic E-state index is 4.42. The number of benzene rings is 4. The van der Waals surface area contributed by atoms with Crippen LogP contribution in [0.15, 0.2) is 96.7 Å². The lowest BCUT2D eigenvalue weighted by Crippen LogP contribution is -2.30. The molecular weight excluding hydrogens is 382 g/mol. The molecule has 0 aliphatic carbocycles. The molecule has 1 unspecified atom stereocenters. The van der Waals surface area contributed by atoms with Crippen molar-refractivity contribution in [3.05, 3.63) is 108 Å². The van der Waals surface area contributed by atoms with Gasteiger partial charge in [0, 0.05) is 5.70 Å². The summed E-state index contributed by atoms with van der Waals surface area (Å²) in [6.45, 7) is 2.87. The third kappa shape index (κ3) is 2.89. The minimum Gasteiger partial charge on any atom is -0.309 e. The Bertz CT molecular complexity index is 1380. The van der Waals surface area contributed by atoms with E-state index in [0.717, 1.165) is 18.2 Å². The molecule has 0 N–H and O–H groups in total. The average Bonchev–Trinajstić information content (AvgIpc) is 3.30. The average molecular weight is 403 g/mol. The second-order valence-corrected chi connectivity index (χ2v) is 7.98. The number of anilines is 1. The van der Waals surface area contributed by atoms with Crippen LogP contribution in [0.5, 0.6) is 0 Å². The Morgan fingerprint density at radius 1 is 0.806 bits per heavy atom. The van der Waals surface area contributed by atoms with E-state index in [9.17, 15) is 0 Å². The van der Waals surface area contributed by atoms with E-state index < -0.39 is 0 Å². The van der Waals surface area contributed by atoms with Gasteiger partial charge >= 0.3 is 0 Å². The van der Waals surface area contributed by atoms with Crippen LogP contribution in [0.1, 0.15) is 24.1 Å². The highest BCUT2D eigenvalue weighted by atomic mass is 15.6. The molecule has 0 amide bonds. The van der Waals surface area contributed by atoms with E-state index >= 15 is 0 Å². The van der Waals surface area contributed by atoms with E-state index in [-0.39, 0.29) is 6.04 Å². The summed E-state index contributed by atoms with van der Waals surface area (Å²) in [7, 11) is 0. The van der Waals surface area contributed by atoms with Crippen molar-refractivity contribution in [1.82, 2.24) is 20.2 Å². The number of hydrogen-bond acceptors (Lipinski definition) is 4. The van der Waals surface area contributed by atoms with Gasteiger partial charge in [-0.15, -0.1) is 0 Å². The number of allylic oxidation sites excluding steroid dienone is 2. The van der Waals surface area contributed by atoms with Gasteiger partial charge in [0.15, 0.2) is 0 Å². The van der Waals surface area contributed by atoms with Gasteiger partial charge in [0.2, 0.25) is 0 Å². The van der Waals surface area contributed by atoms with Gasteiger partial charge in [0.25, 0.3) is 5.95 Å². The standard InChI is InChI=1S/C26H21N5/c1-18-15-24(31-26(27-28-29-31)30(18)17-19-9-3-2-4-10-19)25-22-13-7-5-11-20(22)16-21-12-6-8-14-23(21)25/h2-16,24H,17H2,1H3. The predicted octanol–water partition coefficient (Wildman–Crippen LogP) is 5.49. The minimum atomic E-state index is -0.0759. The van der Waals surface area contributed by atoms with Crippen LogP contribution < -0.4 is 4.90 Å². The van der Waals surface area contributed by atoms with Crippen molar-refractivity contribution in [2.75, 3.05) is 4.90 Å². The quantitative estimate of drug-likeness (QED) is 0.374. The molecule has 5 aromatic rings. The van der Waals surface area contributed by atoms with Gasteiger partial charge in [-0.2, -0.15) is 4.68 Å². The Morgan fingerprint density at radius 2 is 1.45 bits per heavy atom. The first-order valence-electron chi connectivity index (χ1n) is 10.5. The molecule has 150 valence electrons. The number of tetrazole rings is 1.